The van der Waals surface area contributed by atoms with Crippen molar-refractivity contribution in [1.29, 1.82) is 0 Å². The molecule has 0 saturated heterocycles. The summed E-state index contributed by atoms with van der Waals surface area (Å²) in [7, 11) is 3.57. The van der Waals surface area contributed by atoms with Gasteiger partial charge in [0.15, 0.2) is 0 Å². The molecule has 1 heterocycles. The third-order valence-corrected chi connectivity index (χ3v) is 3.90. The Morgan fingerprint density at radius 3 is 2.81 bits per heavy atom. The Morgan fingerprint density at radius 1 is 1.43 bits per heavy atom. The molecule has 0 aliphatic heterocycles. The molecule has 0 aliphatic rings. The maximum absolute atomic E-state index is 6.08. The Kier molecular flexibility index (Phi) is 5.26. The highest BCUT2D eigenvalue weighted by Gasteiger charge is 2.16. The van der Waals surface area contributed by atoms with Crippen molar-refractivity contribution < 1.29 is 4.74 Å². The summed E-state index contributed by atoms with van der Waals surface area (Å²) in [4.78, 5) is 0. The normalized spacial score (nSPS) is 12.4. The minimum absolute atomic E-state index is 0.257. The Morgan fingerprint density at radius 2 is 2.19 bits per heavy atom. The standard InChI is InChI=1S/C16H22ClN3O/c1-5-15(12-7-6-8-13(17)9-12)18-10-14-11(2)19-20(3)16(14)21-4/h6-9,15,18H,5,10H2,1-4H3. The first kappa shape index (κ1) is 15.9. The summed E-state index contributed by atoms with van der Waals surface area (Å²) in [5.41, 5.74) is 3.29. The molecule has 1 aromatic carbocycles. The number of hydrogen-bond donors (Lipinski definition) is 1. The summed E-state index contributed by atoms with van der Waals surface area (Å²) < 4.78 is 7.20. The quantitative estimate of drug-likeness (QED) is 0.885. The van der Waals surface area contributed by atoms with Crippen LogP contribution < -0.4 is 10.1 Å². The van der Waals surface area contributed by atoms with Crippen LogP contribution >= 0.6 is 11.6 Å². The largest absolute Gasteiger partial charge is 0.481 e. The third-order valence-electron chi connectivity index (χ3n) is 3.67. The lowest BCUT2D eigenvalue weighted by atomic mass is 10.0. The van der Waals surface area contributed by atoms with Crippen LogP contribution in [0.15, 0.2) is 24.3 Å². The average Bonchev–Trinajstić information content (AvgIpc) is 2.73. The van der Waals surface area contributed by atoms with Crippen molar-refractivity contribution in [2.75, 3.05) is 7.11 Å². The van der Waals surface area contributed by atoms with Crippen LogP contribution in [0.4, 0.5) is 0 Å². The van der Waals surface area contributed by atoms with Crippen LogP contribution in [-0.4, -0.2) is 16.9 Å². The predicted molar refractivity (Wildman–Crippen MR) is 85.8 cm³/mol. The van der Waals surface area contributed by atoms with Gasteiger partial charge in [0.1, 0.15) is 0 Å². The van der Waals surface area contributed by atoms with Crippen LogP contribution in [-0.2, 0) is 13.6 Å². The fraction of sp³-hybridized carbons (Fsp3) is 0.438. The number of benzene rings is 1. The Labute approximate surface area is 131 Å². The van der Waals surface area contributed by atoms with E-state index in [9.17, 15) is 0 Å². The smallest absolute Gasteiger partial charge is 0.216 e. The molecule has 1 N–H and O–H groups in total. The second-order valence-corrected chi connectivity index (χ2v) is 5.53. The average molecular weight is 308 g/mol. The summed E-state index contributed by atoms with van der Waals surface area (Å²) in [5.74, 6) is 0.806. The molecule has 0 bridgehead atoms. The first-order chi connectivity index (χ1) is 10.1. The van der Waals surface area contributed by atoms with Gasteiger partial charge in [0, 0.05) is 24.7 Å². The van der Waals surface area contributed by atoms with Crippen molar-refractivity contribution in [2.24, 2.45) is 7.05 Å². The monoisotopic (exact) mass is 307 g/mol. The van der Waals surface area contributed by atoms with E-state index in [-0.39, 0.29) is 6.04 Å². The SMILES string of the molecule is CCC(NCc1c(C)nn(C)c1OC)c1cccc(Cl)c1. The molecular formula is C16H22ClN3O. The highest BCUT2D eigenvalue weighted by Crippen LogP contribution is 2.24. The maximum Gasteiger partial charge on any atom is 0.216 e. The van der Waals surface area contributed by atoms with Gasteiger partial charge in [-0.25, -0.2) is 4.68 Å². The fourth-order valence-corrected chi connectivity index (χ4v) is 2.78. The Bertz CT molecular complexity index is 610. The molecule has 2 aromatic rings. The number of hydrogen-bond acceptors (Lipinski definition) is 3. The lowest BCUT2D eigenvalue weighted by molar-refractivity contribution is 0.366. The minimum atomic E-state index is 0.257. The van der Waals surface area contributed by atoms with Crippen molar-refractivity contribution >= 4 is 11.6 Å². The van der Waals surface area contributed by atoms with E-state index in [4.69, 9.17) is 16.3 Å². The molecule has 0 saturated carbocycles. The van der Waals surface area contributed by atoms with E-state index in [1.165, 1.54) is 5.56 Å². The lowest BCUT2D eigenvalue weighted by Crippen LogP contribution is -2.20. The zero-order valence-electron chi connectivity index (χ0n) is 13.0. The van der Waals surface area contributed by atoms with Crippen LogP contribution in [0.5, 0.6) is 5.88 Å². The number of nitrogens with zero attached hydrogens (tertiary/aromatic N) is 2. The van der Waals surface area contributed by atoms with Crippen LogP contribution in [0.3, 0.4) is 0 Å². The van der Waals surface area contributed by atoms with Crippen molar-refractivity contribution in [3.05, 3.63) is 46.1 Å². The molecule has 1 unspecified atom stereocenters. The van der Waals surface area contributed by atoms with Gasteiger partial charge in [-0.05, 0) is 31.0 Å². The van der Waals surface area contributed by atoms with Crippen molar-refractivity contribution in [3.63, 3.8) is 0 Å². The van der Waals surface area contributed by atoms with E-state index in [1.54, 1.807) is 11.8 Å². The van der Waals surface area contributed by atoms with Crippen LogP contribution in [0.1, 0.15) is 36.2 Å². The fourth-order valence-electron chi connectivity index (χ4n) is 2.59. The van der Waals surface area contributed by atoms with E-state index in [0.717, 1.165) is 28.6 Å². The zero-order chi connectivity index (χ0) is 15.4. The maximum atomic E-state index is 6.08. The van der Waals surface area contributed by atoms with Gasteiger partial charge in [-0.2, -0.15) is 5.10 Å². The molecule has 0 aliphatic carbocycles. The molecule has 21 heavy (non-hydrogen) atoms. The number of aromatic nitrogens is 2. The summed E-state index contributed by atoms with van der Waals surface area (Å²) >= 11 is 6.08. The number of halogens is 1. The molecular weight excluding hydrogens is 286 g/mol. The van der Waals surface area contributed by atoms with E-state index in [2.05, 4.69) is 23.4 Å². The van der Waals surface area contributed by atoms with Gasteiger partial charge in [-0.15, -0.1) is 0 Å². The molecule has 1 atom stereocenters. The number of ether oxygens (including phenoxy) is 1. The van der Waals surface area contributed by atoms with Crippen molar-refractivity contribution in [3.8, 4) is 5.88 Å². The summed E-state index contributed by atoms with van der Waals surface area (Å²) in [6.45, 7) is 4.87. The van der Waals surface area contributed by atoms with E-state index < -0.39 is 0 Å². The van der Waals surface area contributed by atoms with Gasteiger partial charge in [-0.1, -0.05) is 30.7 Å². The summed E-state index contributed by atoms with van der Waals surface area (Å²) in [6, 6.07) is 8.24. The summed E-state index contributed by atoms with van der Waals surface area (Å²) in [6.07, 6.45) is 0.988. The van der Waals surface area contributed by atoms with E-state index in [0.29, 0.717) is 6.54 Å². The third kappa shape index (κ3) is 3.57. The van der Waals surface area contributed by atoms with Gasteiger partial charge in [0.2, 0.25) is 5.88 Å². The second-order valence-electron chi connectivity index (χ2n) is 5.09. The minimum Gasteiger partial charge on any atom is -0.481 e. The van der Waals surface area contributed by atoms with Crippen LogP contribution in [0.25, 0.3) is 0 Å². The summed E-state index contributed by atoms with van der Waals surface area (Å²) in [5, 5.41) is 8.74. The molecule has 1 aromatic heterocycles. The zero-order valence-corrected chi connectivity index (χ0v) is 13.7. The van der Waals surface area contributed by atoms with Gasteiger partial charge in [0.05, 0.1) is 18.4 Å². The topological polar surface area (TPSA) is 39.1 Å². The van der Waals surface area contributed by atoms with Crippen LogP contribution in [0, 0.1) is 6.92 Å². The predicted octanol–water partition coefficient (Wildman–Crippen LogP) is 3.63. The number of methoxy groups -OCH3 is 1. The van der Waals surface area contributed by atoms with Gasteiger partial charge >= 0.3 is 0 Å². The molecule has 5 heteroatoms. The Balaban J connectivity index is 2.14. The first-order valence-electron chi connectivity index (χ1n) is 7.12. The highest BCUT2D eigenvalue weighted by molar-refractivity contribution is 6.30. The van der Waals surface area contributed by atoms with E-state index >= 15 is 0 Å². The molecule has 4 nitrogen and oxygen atoms in total. The molecule has 0 fully saturated rings. The molecule has 2 rings (SSSR count). The van der Waals surface area contributed by atoms with E-state index in [1.807, 2.05) is 32.2 Å². The molecule has 0 spiro atoms. The molecule has 0 amide bonds. The van der Waals surface area contributed by atoms with Crippen molar-refractivity contribution in [2.45, 2.75) is 32.9 Å². The van der Waals surface area contributed by atoms with Crippen molar-refractivity contribution in [1.82, 2.24) is 15.1 Å². The number of aryl methyl sites for hydroxylation is 2. The van der Waals surface area contributed by atoms with Crippen LogP contribution in [0.2, 0.25) is 5.02 Å². The molecule has 114 valence electrons. The van der Waals surface area contributed by atoms with Gasteiger partial charge < -0.3 is 10.1 Å². The second kappa shape index (κ2) is 6.96. The van der Waals surface area contributed by atoms with Gasteiger partial charge in [0.25, 0.3) is 0 Å². The lowest BCUT2D eigenvalue weighted by Gasteiger charge is -2.18. The number of nitrogens with one attached hydrogen (secondary N) is 1. The van der Waals surface area contributed by atoms with Gasteiger partial charge in [-0.3, -0.25) is 0 Å². The Hall–Kier alpha value is -1.52. The molecule has 0 radical (unpaired) electrons. The highest BCUT2D eigenvalue weighted by atomic mass is 35.5. The first-order valence-corrected chi connectivity index (χ1v) is 7.49. The number of rotatable bonds is 6.